The zero-order chi connectivity index (χ0) is 24.2. The maximum Gasteiger partial charge on any atom is 0.331 e. The van der Waals surface area contributed by atoms with Gasteiger partial charge in [0.15, 0.2) is 29.6 Å². The van der Waals surface area contributed by atoms with E-state index in [2.05, 4.69) is 5.32 Å². The largest absolute Gasteiger partial charge is 0.490 e. The minimum absolute atomic E-state index is 0.349. The molecule has 182 valence electrons. The maximum absolute atomic E-state index is 12.0. The Morgan fingerprint density at radius 3 is 2.62 bits per heavy atom. The van der Waals surface area contributed by atoms with Crippen molar-refractivity contribution >= 4 is 18.0 Å². The molecule has 0 aliphatic carbocycles. The first-order valence-corrected chi connectivity index (χ1v) is 11.5. The number of carbonyl (C=O) groups excluding carboxylic acids is 2. The van der Waals surface area contributed by atoms with Gasteiger partial charge in [-0.15, -0.1) is 0 Å². The van der Waals surface area contributed by atoms with Crippen LogP contribution in [0.2, 0.25) is 0 Å². The standard InChI is InChI=1S/C26H31NO7/c1-3-13-31-21-8-5-19(16-23(21)30-4-2)7-10-26(29)34-18-25(28)27-12-11-20-6-9-22-24(17-20)33-15-14-32-22/h5-10,16-17H,3-4,11-15,18H2,1-2H3,(H,27,28)/b10-7+. The number of carbonyl (C=O) groups is 2. The van der Waals surface area contributed by atoms with Crippen LogP contribution in [-0.2, 0) is 20.7 Å². The molecule has 0 bridgehead atoms. The highest BCUT2D eigenvalue weighted by Gasteiger charge is 2.12. The van der Waals surface area contributed by atoms with Crippen molar-refractivity contribution in [2.45, 2.75) is 26.7 Å². The maximum atomic E-state index is 12.0. The van der Waals surface area contributed by atoms with Gasteiger partial charge in [-0.25, -0.2) is 4.79 Å². The lowest BCUT2D eigenvalue weighted by Gasteiger charge is -2.18. The Hall–Kier alpha value is -3.68. The van der Waals surface area contributed by atoms with Gasteiger partial charge >= 0.3 is 5.97 Å². The van der Waals surface area contributed by atoms with Gasteiger partial charge < -0.3 is 29.0 Å². The molecule has 1 aliphatic heterocycles. The summed E-state index contributed by atoms with van der Waals surface area (Å²) < 4.78 is 27.4. The Labute approximate surface area is 199 Å². The first kappa shape index (κ1) is 25.0. The summed E-state index contributed by atoms with van der Waals surface area (Å²) in [6.07, 6.45) is 4.40. The van der Waals surface area contributed by atoms with E-state index >= 15 is 0 Å². The lowest BCUT2D eigenvalue weighted by molar-refractivity contribution is -0.143. The molecule has 1 heterocycles. The van der Waals surface area contributed by atoms with Crippen molar-refractivity contribution in [1.29, 1.82) is 0 Å². The Morgan fingerprint density at radius 1 is 1.00 bits per heavy atom. The molecule has 0 spiro atoms. The molecule has 8 heteroatoms. The predicted octanol–water partition coefficient (Wildman–Crippen LogP) is 3.56. The molecule has 8 nitrogen and oxygen atoms in total. The normalized spacial score (nSPS) is 12.3. The van der Waals surface area contributed by atoms with E-state index in [0.717, 1.165) is 23.3 Å². The van der Waals surface area contributed by atoms with Crippen LogP contribution in [0.15, 0.2) is 42.5 Å². The van der Waals surface area contributed by atoms with Gasteiger partial charge in [0.05, 0.1) is 13.2 Å². The lowest BCUT2D eigenvalue weighted by atomic mass is 10.1. The van der Waals surface area contributed by atoms with Gasteiger partial charge in [0, 0.05) is 12.6 Å². The third-order valence-corrected chi connectivity index (χ3v) is 4.83. The summed E-state index contributed by atoms with van der Waals surface area (Å²) in [6, 6.07) is 11.1. The van der Waals surface area contributed by atoms with E-state index in [1.54, 1.807) is 18.2 Å². The van der Waals surface area contributed by atoms with E-state index in [1.807, 2.05) is 38.1 Å². The minimum Gasteiger partial charge on any atom is -0.490 e. The van der Waals surface area contributed by atoms with Crippen LogP contribution in [-0.4, -0.2) is 51.5 Å². The molecule has 0 aromatic heterocycles. The van der Waals surface area contributed by atoms with Gasteiger partial charge in [-0.2, -0.15) is 0 Å². The molecule has 0 saturated heterocycles. The van der Waals surface area contributed by atoms with Crippen LogP contribution in [0.5, 0.6) is 23.0 Å². The third kappa shape index (κ3) is 7.72. The second kappa shape index (κ2) is 13.1. The fraction of sp³-hybridized carbons (Fsp3) is 0.385. The van der Waals surface area contributed by atoms with Gasteiger partial charge in [-0.05, 0) is 61.2 Å². The summed E-state index contributed by atoms with van der Waals surface area (Å²) in [5.74, 6) is 1.75. The van der Waals surface area contributed by atoms with Crippen LogP contribution in [0.25, 0.3) is 6.08 Å². The molecular formula is C26H31NO7. The number of hydrogen-bond acceptors (Lipinski definition) is 7. The first-order valence-electron chi connectivity index (χ1n) is 11.5. The number of amides is 1. The van der Waals surface area contributed by atoms with E-state index in [-0.39, 0.29) is 12.5 Å². The highest BCUT2D eigenvalue weighted by molar-refractivity contribution is 5.89. The summed E-state index contributed by atoms with van der Waals surface area (Å²) >= 11 is 0. The minimum atomic E-state index is -0.605. The number of hydrogen-bond donors (Lipinski definition) is 1. The van der Waals surface area contributed by atoms with E-state index in [1.165, 1.54) is 6.08 Å². The average Bonchev–Trinajstić information content (AvgIpc) is 2.85. The number of ether oxygens (including phenoxy) is 5. The van der Waals surface area contributed by atoms with Crippen molar-refractivity contribution in [2.75, 3.05) is 39.6 Å². The molecule has 1 amide bonds. The molecular weight excluding hydrogens is 438 g/mol. The van der Waals surface area contributed by atoms with Crippen LogP contribution in [0.4, 0.5) is 0 Å². The van der Waals surface area contributed by atoms with E-state index < -0.39 is 5.97 Å². The van der Waals surface area contributed by atoms with Crippen LogP contribution in [0, 0.1) is 0 Å². The molecule has 0 saturated carbocycles. The quantitative estimate of drug-likeness (QED) is 0.375. The topological polar surface area (TPSA) is 92.3 Å². The van der Waals surface area contributed by atoms with E-state index in [0.29, 0.717) is 56.6 Å². The number of esters is 1. The molecule has 1 N–H and O–H groups in total. The van der Waals surface area contributed by atoms with Crippen LogP contribution in [0.3, 0.4) is 0 Å². The second-order valence-electron chi connectivity index (χ2n) is 7.51. The summed E-state index contributed by atoms with van der Waals surface area (Å²) in [6.45, 7) is 6.16. The third-order valence-electron chi connectivity index (χ3n) is 4.83. The van der Waals surface area contributed by atoms with Crippen LogP contribution >= 0.6 is 0 Å². The zero-order valence-electron chi connectivity index (χ0n) is 19.6. The van der Waals surface area contributed by atoms with Crippen molar-refractivity contribution in [3.05, 3.63) is 53.6 Å². The van der Waals surface area contributed by atoms with Crippen LogP contribution in [0.1, 0.15) is 31.4 Å². The van der Waals surface area contributed by atoms with Gasteiger partial charge in [0.25, 0.3) is 5.91 Å². The monoisotopic (exact) mass is 469 g/mol. The zero-order valence-corrected chi connectivity index (χ0v) is 19.6. The van der Waals surface area contributed by atoms with E-state index in [9.17, 15) is 9.59 Å². The summed E-state index contributed by atoms with van der Waals surface area (Å²) in [7, 11) is 0. The van der Waals surface area contributed by atoms with Crippen molar-refractivity contribution in [3.63, 3.8) is 0 Å². The van der Waals surface area contributed by atoms with Crippen LogP contribution < -0.4 is 24.3 Å². The molecule has 2 aromatic carbocycles. The van der Waals surface area contributed by atoms with Crippen molar-refractivity contribution < 1.29 is 33.3 Å². The Kier molecular flexibility index (Phi) is 9.64. The summed E-state index contributed by atoms with van der Waals surface area (Å²) in [5.41, 5.74) is 1.77. The molecule has 0 fully saturated rings. The predicted molar refractivity (Wildman–Crippen MR) is 128 cm³/mol. The molecule has 3 rings (SSSR count). The molecule has 34 heavy (non-hydrogen) atoms. The average molecular weight is 470 g/mol. The van der Waals surface area contributed by atoms with E-state index in [4.69, 9.17) is 23.7 Å². The Bertz CT molecular complexity index is 1000. The Morgan fingerprint density at radius 2 is 1.82 bits per heavy atom. The fourth-order valence-electron chi connectivity index (χ4n) is 3.22. The van der Waals surface area contributed by atoms with Crippen molar-refractivity contribution in [3.8, 4) is 23.0 Å². The van der Waals surface area contributed by atoms with Crippen molar-refractivity contribution in [1.82, 2.24) is 5.32 Å². The number of fused-ring (bicyclic) bond motifs is 1. The SMILES string of the molecule is CCCOc1ccc(/C=C/C(=O)OCC(=O)NCCc2ccc3c(c2)OCCO3)cc1OCC. The fourth-order valence-corrected chi connectivity index (χ4v) is 3.22. The molecule has 0 unspecified atom stereocenters. The van der Waals surface area contributed by atoms with Gasteiger partial charge in [-0.1, -0.05) is 19.1 Å². The highest BCUT2D eigenvalue weighted by Crippen LogP contribution is 2.31. The summed E-state index contributed by atoms with van der Waals surface area (Å²) in [4.78, 5) is 24.0. The smallest absolute Gasteiger partial charge is 0.331 e. The highest BCUT2D eigenvalue weighted by atomic mass is 16.6. The van der Waals surface area contributed by atoms with Gasteiger partial charge in [0.2, 0.25) is 0 Å². The second-order valence-corrected chi connectivity index (χ2v) is 7.51. The Balaban J connectivity index is 1.41. The van der Waals surface area contributed by atoms with Crippen molar-refractivity contribution in [2.24, 2.45) is 0 Å². The molecule has 1 aliphatic rings. The number of benzene rings is 2. The number of nitrogens with one attached hydrogen (secondary N) is 1. The van der Waals surface area contributed by atoms with Gasteiger partial charge in [-0.3, -0.25) is 4.79 Å². The molecule has 0 radical (unpaired) electrons. The molecule has 2 aromatic rings. The van der Waals surface area contributed by atoms with Gasteiger partial charge in [0.1, 0.15) is 13.2 Å². The summed E-state index contributed by atoms with van der Waals surface area (Å²) in [5, 5.41) is 2.74. The number of rotatable bonds is 12. The first-order chi connectivity index (χ1) is 16.6. The lowest BCUT2D eigenvalue weighted by Crippen LogP contribution is -2.30. The molecule has 0 atom stereocenters.